The number of carbonyl (C=O) groups excluding carboxylic acids is 4. The van der Waals surface area contributed by atoms with Gasteiger partial charge in [0.15, 0.2) is 17.1 Å². The molecule has 0 saturated carbocycles. The van der Waals surface area contributed by atoms with Gasteiger partial charge >= 0.3 is 5.97 Å². The number of anilines is 1. The fraction of sp³-hybridized carbons (Fsp3) is 0.423. The Balaban J connectivity index is 1.76. The number of rotatable bonds is 7. The zero-order valence-corrected chi connectivity index (χ0v) is 21.2. The maximum atomic E-state index is 13.6. The molecule has 208 valence electrons. The van der Waals surface area contributed by atoms with Crippen molar-refractivity contribution in [3.05, 3.63) is 45.9 Å². The minimum atomic E-state index is -2.74. The number of benzene rings is 1. The second-order valence-electron chi connectivity index (χ2n) is 10.3. The average molecular weight is 544 g/mol. The van der Waals surface area contributed by atoms with Crippen molar-refractivity contribution in [3.8, 4) is 5.75 Å². The molecular formula is C26H29N3O10. The number of primary amides is 1. The number of hydrogen-bond acceptors (Lipinski definition) is 10. The highest BCUT2D eigenvalue weighted by Crippen LogP contribution is 2.52. The SMILES string of the molecule is CN(C)C1C(O)=C(C(N)=O)C(=O)C2(O)C(O)=C3C(=O)c4c(ccc(NC(=O)CCCC(=O)O)c4O)CC3CC12. The number of aliphatic carboxylic acids is 1. The van der Waals surface area contributed by atoms with Crippen molar-refractivity contribution in [1.82, 2.24) is 4.90 Å². The number of likely N-dealkylation sites (N-methyl/N-ethyl adjacent to an activating group) is 1. The lowest BCUT2D eigenvalue weighted by Crippen LogP contribution is -2.63. The predicted octanol–water partition coefficient (Wildman–Crippen LogP) is 0.314. The summed E-state index contributed by atoms with van der Waals surface area (Å²) < 4.78 is 0. The normalized spacial score (nSPS) is 26.2. The molecule has 0 radical (unpaired) electrons. The molecule has 4 atom stereocenters. The third-order valence-electron chi connectivity index (χ3n) is 7.66. The summed E-state index contributed by atoms with van der Waals surface area (Å²) in [5.74, 6) is -9.20. The molecule has 4 rings (SSSR count). The number of aliphatic hydroxyl groups excluding tert-OH is 2. The number of nitrogens with zero attached hydrogens (tertiary/aromatic N) is 1. The van der Waals surface area contributed by atoms with Crippen LogP contribution in [0.5, 0.6) is 5.75 Å². The van der Waals surface area contributed by atoms with Crippen LogP contribution in [-0.4, -0.2) is 85.5 Å². The Kier molecular flexibility index (Phi) is 7.00. The zero-order valence-electron chi connectivity index (χ0n) is 21.2. The molecule has 1 aromatic carbocycles. The Bertz CT molecular complexity index is 1380. The van der Waals surface area contributed by atoms with Gasteiger partial charge in [-0.2, -0.15) is 0 Å². The minimum absolute atomic E-state index is 0.0331. The third-order valence-corrected chi connectivity index (χ3v) is 7.66. The molecular weight excluding hydrogens is 514 g/mol. The second-order valence-corrected chi connectivity index (χ2v) is 10.3. The number of Topliss-reactive ketones (excluding diaryl/α,β-unsaturated/α-hetero) is 2. The van der Waals surface area contributed by atoms with Crippen LogP contribution in [0.4, 0.5) is 5.69 Å². The van der Waals surface area contributed by atoms with Crippen molar-refractivity contribution in [2.75, 3.05) is 19.4 Å². The van der Waals surface area contributed by atoms with Crippen molar-refractivity contribution in [3.63, 3.8) is 0 Å². The molecule has 0 fully saturated rings. The topological polar surface area (TPSA) is 228 Å². The van der Waals surface area contributed by atoms with Crippen molar-refractivity contribution in [2.24, 2.45) is 17.6 Å². The van der Waals surface area contributed by atoms with E-state index in [0.29, 0.717) is 5.56 Å². The summed E-state index contributed by atoms with van der Waals surface area (Å²) in [5, 5.41) is 55.7. The fourth-order valence-corrected chi connectivity index (χ4v) is 5.94. The molecule has 0 aromatic heterocycles. The molecule has 13 heteroatoms. The molecule has 8 N–H and O–H groups in total. The van der Waals surface area contributed by atoms with E-state index in [0.717, 1.165) is 0 Å². The lowest BCUT2D eigenvalue weighted by atomic mass is 9.58. The Morgan fingerprint density at radius 3 is 2.38 bits per heavy atom. The number of nitrogens with one attached hydrogen (secondary N) is 1. The van der Waals surface area contributed by atoms with E-state index in [1.54, 1.807) is 14.1 Å². The maximum Gasteiger partial charge on any atom is 0.303 e. The number of ketones is 2. The Morgan fingerprint density at radius 2 is 1.79 bits per heavy atom. The molecule has 3 aliphatic rings. The largest absolute Gasteiger partial charge is 0.510 e. The van der Waals surface area contributed by atoms with Gasteiger partial charge in [-0.05, 0) is 50.9 Å². The highest BCUT2D eigenvalue weighted by atomic mass is 16.4. The first-order valence-corrected chi connectivity index (χ1v) is 12.2. The van der Waals surface area contributed by atoms with Gasteiger partial charge in [0, 0.05) is 24.3 Å². The molecule has 1 aromatic rings. The number of carbonyl (C=O) groups is 5. The van der Waals surface area contributed by atoms with Crippen LogP contribution >= 0.6 is 0 Å². The molecule has 0 aliphatic heterocycles. The Morgan fingerprint density at radius 1 is 1.13 bits per heavy atom. The third kappa shape index (κ3) is 4.33. The van der Waals surface area contributed by atoms with E-state index in [4.69, 9.17) is 10.8 Å². The monoisotopic (exact) mass is 543 g/mol. The van der Waals surface area contributed by atoms with Crippen LogP contribution in [0.2, 0.25) is 0 Å². The summed E-state index contributed by atoms with van der Waals surface area (Å²) in [6.45, 7) is 0. The van der Waals surface area contributed by atoms with Crippen LogP contribution in [0, 0.1) is 11.8 Å². The summed E-state index contributed by atoms with van der Waals surface area (Å²) in [7, 11) is 3.09. The van der Waals surface area contributed by atoms with Gasteiger partial charge in [-0.15, -0.1) is 0 Å². The number of aromatic hydroxyl groups is 1. The Hall–Kier alpha value is -4.23. The number of allylic oxidation sites excluding steroid dienone is 1. The van der Waals surface area contributed by atoms with E-state index in [-0.39, 0.29) is 48.9 Å². The van der Waals surface area contributed by atoms with E-state index in [2.05, 4.69) is 5.32 Å². The summed E-state index contributed by atoms with van der Waals surface area (Å²) in [4.78, 5) is 63.3. The molecule has 3 aliphatic carbocycles. The first-order chi connectivity index (χ1) is 18.2. The fourth-order valence-electron chi connectivity index (χ4n) is 5.94. The van der Waals surface area contributed by atoms with Gasteiger partial charge < -0.3 is 36.6 Å². The number of hydrogen-bond donors (Lipinski definition) is 7. The highest BCUT2D eigenvalue weighted by Gasteiger charge is 2.63. The smallest absolute Gasteiger partial charge is 0.303 e. The number of nitrogens with two attached hydrogens (primary N) is 1. The highest BCUT2D eigenvalue weighted by molar-refractivity contribution is 6.25. The van der Waals surface area contributed by atoms with E-state index >= 15 is 0 Å². The van der Waals surface area contributed by atoms with Gasteiger partial charge in [0.25, 0.3) is 5.91 Å². The quantitative estimate of drug-likeness (QED) is 0.183. The van der Waals surface area contributed by atoms with E-state index in [9.17, 15) is 44.4 Å². The van der Waals surface area contributed by atoms with Crippen LogP contribution < -0.4 is 11.1 Å². The molecule has 39 heavy (non-hydrogen) atoms. The van der Waals surface area contributed by atoms with Crippen LogP contribution in [0.15, 0.2) is 34.8 Å². The van der Waals surface area contributed by atoms with Gasteiger partial charge in [0.1, 0.15) is 17.1 Å². The van der Waals surface area contributed by atoms with E-state index < -0.39 is 75.7 Å². The lowest BCUT2D eigenvalue weighted by Gasteiger charge is -2.50. The maximum absolute atomic E-state index is 13.6. The van der Waals surface area contributed by atoms with Crippen LogP contribution in [0.3, 0.4) is 0 Å². The molecule has 0 saturated heterocycles. The van der Waals surface area contributed by atoms with Gasteiger partial charge in [-0.1, -0.05) is 6.07 Å². The molecule has 0 bridgehead atoms. The molecule has 0 heterocycles. The van der Waals surface area contributed by atoms with Gasteiger partial charge in [-0.3, -0.25) is 28.9 Å². The van der Waals surface area contributed by atoms with Gasteiger partial charge in [0.05, 0.1) is 17.3 Å². The Labute approximate surface area is 222 Å². The second kappa shape index (κ2) is 9.82. The average Bonchev–Trinajstić information content (AvgIpc) is 2.82. The minimum Gasteiger partial charge on any atom is -0.510 e. The molecule has 2 amide bonds. The first-order valence-electron chi connectivity index (χ1n) is 12.2. The van der Waals surface area contributed by atoms with Crippen LogP contribution in [0.1, 0.15) is 41.6 Å². The number of phenolic OH excluding ortho intramolecular Hbond substituents is 1. The number of carboxylic acids is 1. The van der Waals surface area contributed by atoms with Crippen LogP contribution in [0.25, 0.3) is 0 Å². The number of phenols is 1. The lowest BCUT2D eigenvalue weighted by molar-refractivity contribution is -0.148. The van der Waals surface area contributed by atoms with Gasteiger partial charge in [0.2, 0.25) is 11.7 Å². The number of aliphatic hydroxyl groups is 3. The molecule has 0 spiro atoms. The standard InChI is InChI=1S/C26H29N3O10/c1-29(2)19-12-9-11-8-10-6-7-13(28-14(30)4-3-5-15(31)32)20(33)16(10)21(34)17(11)23(36)26(12,39)24(37)18(22(19)35)25(27)38/h6-7,11-12,19,33,35-36,39H,3-5,8-9H2,1-2H3,(H2,27,38)(H,28,30)(H,31,32). The predicted molar refractivity (Wildman–Crippen MR) is 134 cm³/mol. The van der Waals surface area contributed by atoms with E-state index in [1.807, 2.05) is 0 Å². The summed E-state index contributed by atoms with van der Waals surface area (Å²) in [5.41, 5.74) is 1.42. The summed E-state index contributed by atoms with van der Waals surface area (Å²) in [6, 6.07) is 1.83. The van der Waals surface area contributed by atoms with Crippen molar-refractivity contribution < 1.29 is 49.5 Å². The van der Waals surface area contributed by atoms with Crippen molar-refractivity contribution in [1.29, 1.82) is 0 Å². The number of amides is 2. The van der Waals surface area contributed by atoms with Crippen molar-refractivity contribution >= 4 is 35.0 Å². The van der Waals surface area contributed by atoms with Gasteiger partial charge in [-0.25, -0.2) is 0 Å². The van der Waals surface area contributed by atoms with E-state index in [1.165, 1.54) is 17.0 Å². The van der Waals surface area contributed by atoms with Crippen molar-refractivity contribution in [2.45, 2.75) is 43.7 Å². The molecule has 13 nitrogen and oxygen atoms in total. The summed E-state index contributed by atoms with van der Waals surface area (Å²) in [6.07, 6.45) is -0.216. The number of fused-ring (bicyclic) bond motifs is 3. The summed E-state index contributed by atoms with van der Waals surface area (Å²) >= 11 is 0. The first kappa shape index (κ1) is 27.8. The van der Waals surface area contributed by atoms with Crippen LogP contribution in [-0.2, 0) is 25.6 Å². The number of carboxylic acid groups (broad SMARTS) is 1. The zero-order chi connectivity index (χ0) is 29.0. The molecule has 4 unspecified atom stereocenters.